The fraction of sp³-hybridized carbons (Fsp3) is 0.538. The van der Waals surface area contributed by atoms with Gasteiger partial charge in [-0.3, -0.25) is 23.9 Å². The SMILES string of the molecule is CCN(C(=O)COC(=O)C12CC3CC(CC(Cl)(C3)C1)C2)c1c(N)n(Cc2ccccc2)c(=O)[nH]c1=O. The summed E-state index contributed by atoms with van der Waals surface area (Å²) in [5, 5.41) is 0. The molecule has 0 aliphatic heterocycles. The molecule has 4 saturated carbocycles. The van der Waals surface area contributed by atoms with E-state index in [9.17, 15) is 19.2 Å². The van der Waals surface area contributed by atoms with Crippen LogP contribution in [0.5, 0.6) is 0 Å². The molecule has 2 aromatic rings. The summed E-state index contributed by atoms with van der Waals surface area (Å²) in [6.45, 7) is 1.39. The normalized spacial score (nSPS) is 28.2. The summed E-state index contributed by atoms with van der Waals surface area (Å²) in [6.07, 6.45) is 5.05. The number of carbonyl (C=O) groups is 2. The van der Waals surface area contributed by atoms with E-state index in [2.05, 4.69) is 4.98 Å². The molecule has 0 spiro atoms. The van der Waals surface area contributed by atoms with Gasteiger partial charge in [0.2, 0.25) is 0 Å². The molecule has 6 rings (SSSR count). The Kier molecular flexibility index (Phi) is 6.22. The van der Waals surface area contributed by atoms with E-state index < -0.39 is 29.2 Å². The van der Waals surface area contributed by atoms with Gasteiger partial charge in [-0.1, -0.05) is 30.3 Å². The van der Waals surface area contributed by atoms with Crippen molar-refractivity contribution in [3.8, 4) is 0 Å². The summed E-state index contributed by atoms with van der Waals surface area (Å²) < 4.78 is 6.77. The topological polar surface area (TPSA) is 127 Å². The van der Waals surface area contributed by atoms with Crippen LogP contribution in [-0.2, 0) is 20.9 Å². The fourth-order valence-corrected chi connectivity index (χ4v) is 7.66. The van der Waals surface area contributed by atoms with Gasteiger partial charge in [-0.05, 0) is 62.8 Å². The molecule has 1 amide bonds. The third kappa shape index (κ3) is 4.34. The lowest BCUT2D eigenvalue weighted by atomic mass is 9.49. The third-order valence-corrected chi connectivity index (χ3v) is 8.48. The van der Waals surface area contributed by atoms with Gasteiger partial charge in [-0.2, -0.15) is 0 Å². The predicted molar refractivity (Wildman–Crippen MR) is 136 cm³/mol. The summed E-state index contributed by atoms with van der Waals surface area (Å²) in [6, 6.07) is 9.16. The maximum absolute atomic E-state index is 13.2. The van der Waals surface area contributed by atoms with Crippen molar-refractivity contribution in [2.24, 2.45) is 17.3 Å². The van der Waals surface area contributed by atoms with Crippen molar-refractivity contribution >= 4 is 35.0 Å². The van der Waals surface area contributed by atoms with E-state index in [1.165, 1.54) is 4.57 Å². The number of esters is 1. The molecule has 2 atom stereocenters. The van der Waals surface area contributed by atoms with Crippen molar-refractivity contribution in [2.75, 3.05) is 23.8 Å². The average molecular weight is 515 g/mol. The van der Waals surface area contributed by atoms with Crippen LogP contribution >= 0.6 is 11.6 Å². The maximum atomic E-state index is 13.2. The highest BCUT2D eigenvalue weighted by Crippen LogP contribution is 2.64. The Hall–Kier alpha value is -3.07. The van der Waals surface area contributed by atoms with E-state index in [4.69, 9.17) is 22.1 Å². The van der Waals surface area contributed by atoms with Gasteiger partial charge in [0.05, 0.1) is 12.0 Å². The molecule has 3 N–H and O–H groups in total. The maximum Gasteiger partial charge on any atom is 0.330 e. The number of halogens is 1. The van der Waals surface area contributed by atoms with E-state index in [-0.39, 0.29) is 35.4 Å². The molecule has 4 bridgehead atoms. The smallest absolute Gasteiger partial charge is 0.330 e. The van der Waals surface area contributed by atoms with Gasteiger partial charge in [0.1, 0.15) is 5.82 Å². The Morgan fingerprint density at radius 2 is 1.83 bits per heavy atom. The number of nitrogens with zero attached hydrogens (tertiary/aromatic N) is 2. The molecule has 10 heteroatoms. The molecule has 192 valence electrons. The molecule has 1 aromatic heterocycles. The number of nitrogens with two attached hydrogens (primary N) is 1. The number of rotatable bonds is 7. The van der Waals surface area contributed by atoms with Gasteiger partial charge in [-0.15, -0.1) is 11.6 Å². The second kappa shape index (κ2) is 9.10. The molecule has 9 nitrogen and oxygen atoms in total. The van der Waals surface area contributed by atoms with E-state index >= 15 is 0 Å². The molecule has 1 aromatic carbocycles. The quantitative estimate of drug-likeness (QED) is 0.432. The number of carbonyl (C=O) groups excluding carboxylic acids is 2. The second-order valence-corrected chi connectivity index (χ2v) is 11.5. The van der Waals surface area contributed by atoms with Crippen LogP contribution in [0, 0.1) is 17.3 Å². The van der Waals surface area contributed by atoms with Crippen LogP contribution in [0.25, 0.3) is 0 Å². The molecular formula is C26H31ClN4O5. The fourth-order valence-electron chi connectivity index (χ4n) is 6.97. The Morgan fingerprint density at radius 1 is 1.17 bits per heavy atom. The molecule has 0 radical (unpaired) electrons. The van der Waals surface area contributed by atoms with Crippen LogP contribution < -0.4 is 21.9 Å². The molecule has 4 aliphatic carbocycles. The zero-order chi connectivity index (χ0) is 25.7. The van der Waals surface area contributed by atoms with E-state index in [1.54, 1.807) is 6.92 Å². The number of likely N-dealkylation sites (N-methyl/N-ethyl adjacent to an activating group) is 1. The van der Waals surface area contributed by atoms with Crippen molar-refractivity contribution in [3.63, 3.8) is 0 Å². The minimum Gasteiger partial charge on any atom is -0.455 e. The van der Waals surface area contributed by atoms with Crippen molar-refractivity contribution in [3.05, 3.63) is 56.7 Å². The second-order valence-electron chi connectivity index (χ2n) is 10.7. The lowest BCUT2D eigenvalue weighted by Gasteiger charge is -2.58. The van der Waals surface area contributed by atoms with Gasteiger partial charge < -0.3 is 15.4 Å². The largest absolute Gasteiger partial charge is 0.455 e. The Balaban J connectivity index is 1.34. The summed E-state index contributed by atoms with van der Waals surface area (Å²) in [5.41, 5.74) is 4.84. The standard InChI is InChI=1S/C26H31ClN4O5/c1-2-30(20-21(28)31(24(35)29-22(20)33)13-16-6-4-3-5-7-16)19(32)14-36-23(34)25-9-17-8-18(10-25)12-26(27,11-17)15-25/h3-7,17-18H,2,8-15,28H2,1H3,(H,29,33,35). The lowest BCUT2D eigenvalue weighted by Crippen LogP contribution is -2.56. The minimum absolute atomic E-state index is 0.104. The summed E-state index contributed by atoms with van der Waals surface area (Å²) >= 11 is 6.84. The molecule has 4 aliphatic rings. The minimum atomic E-state index is -0.770. The first-order valence-electron chi connectivity index (χ1n) is 12.5. The monoisotopic (exact) mass is 514 g/mol. The third-order valence-electron chi connectivity index (χ3n) is 8.03. The number of amides is 1. The molecule has 1 heterocycles. The Labute approximate surface area is 213 Å². The van der Waals surface area contributed by atoms with E-state index in [0.717, 1.165) is 42.6 Å². The number of ether oxygens (including phenoxy) is 1. The highest BCUT2D eigenvalue weighted by molar-refractivity contribution is 6.24. The molecular weight excluding hydrogens is 484 g/mol. The number of nitrogens with one attached hydrogen (secondary N) is 1. The first-order valence-corrected chi connectivity index (χ1v) is 12.8. The van der Waals surface area contributed by atoms with Crippen molar-refractivity contribution in [1.29, 1.82) is 0 Å². The van der Waals surface area contributed by atoms with E-state index in [0.29, 0.717) is 18.3 Å². The van der Waals surface area contributed by atoms with Gasteiger partial charge in [0.15, 0.2) is 12.3 Å². The highest BCUT2D eigenvalue weighted by atomic mass is 35.5. The van der Waals surface area contributed by atoms with Crippen LogP contribution in [0.15, 0.2) is 39.9 Å². The molecule has 36 heavy (non-hydrogen) atoms. The van der Waals surface area contributed by atoms with Gasteiger partial charge in [0.25, 0.3) is 11.5 Å². The lowest BCUT2D eigenvalue weighted by molar-refractivity contribution is -0.171. The molecule has 0 saturated heterocycles. The van der Waals surface area contributed by atoms with Crippen molar-refractivity contribution in [1.82, 2.24) is 9.55 Å². The van der Waals surface area contributed by atoms with Crippen LogP contribution in [0.3, 0.4) is 0 Å². The van der Waals surface area contributed by atoms with Crippen molar-refractivity contribution in [2.45, 2.75) is 56.9 Å². The van der Waals surface area contributed by atoms with Crippen LogP contribution in [0.1, 0.15) is 51.0 Å². The number of hydrogen-bond donors (Lipinski definition) is 2. The van der Waals surface area contributed by atoms with Crippen LogP contribution in [0.2, 0.25) is 0 Å². The number of anilines is 2. The first kappa shape index (κ1) is 24.6. The summed E-state index contributed by atoms with van der Waals surface area (Å²) in [7, 11) is 0. The first-order chi connectivity index (χ1) is 17.1. The Bertz CT molecular complexity index is 1290. The molecule has 4 fully saturated rings. The summed E-state index contributed by atoms with van der Waals surface area (Å²) in [5.74, 6) is -0.258. The zero-order valence-electron chi connectivity index (χ0n) is 20.3. The van der Waals surface area contributed by atoms with Gasteiger partial charge >= 0.3 is 11.7 Å². The summed E-state index contributed by atoms with van der Waals surface area (Å²) in [4.78, 5) is 54.6. The predicted octanol–water partition coefficient (Wildman–Crippen LogP) is 2.64. The molecule has 2 unspecified atom stereocenters. The Morgan fingerprint density at radius 3 is 2.44 bits per heavy atom. The average Bonchev–Trinajstić information content (AvgIpc) is 2.81. The van der Waals surface area contributed by atoms with Crippen LogP contribution in [-0.4, -0.2) is 39.5 Å². The van der Waals surface area contributed by atoms with E-state index in [1.807, 2.05) is 30.3 Å². The highest BCUT2D eigenvalue weighted by Gasteiger charge is 2.60. The van der Waals surface area contributed by atoms with Crippen molar-refractivity contribution < 1.29 is 14.3 Å². The van der Waals surface area contributed by atoms with Gasteiger partial charge in [-0.25, -0.2) is 4.79 Å². The number of alkyl halides is 1. The van der Waals surface area contributed by atoms with Gasteiger partial charge in [0, 0.05) is 11.4 Å². The number of aromatic nitrogens is 2. The number of benzene rings is 1. The number of aromatic amines is 1. The zero-order valence-corrected chi connectivity index (χ0v) is 21.1. The number of H-pyrrole nitrogens is 1. The van der Waals surface area contributed by atoms with Crippen LogP contribution in [0.4, 0.5) is 11.5 Å². The number of hydrogen-bond acceptors (Lipinski definition) is 6. The number of nitrogen functional groups attached to an aromatic ring is 1.